The molecule has 1 N–H and O–H groups in total. The highest BCUT2D eigenvalue weighted by atomic mass is 32.1. The largest absolute Gasteiger partial charge is 0.456 e. The Hall–Kier alpha value is -11.6. The van der Waals surface area contributed by atoms with Gasteiger partial charge >= 0.3 is 0 Å². The topological polar surface area (TPSA) is 46.5 Å². The van der Waals surface area contributed by atoms with Gasteiger partial charge in [-0.15, -0.1) is 11.3 Å². The lowest BCUT2D eigenvalue weighted by molar-refractivity contribution is 0.668. The van der Waals surface area contributed by atoms with E-state index in [4.69, 9.17) is 8.83 Å². The Labute approximate surface area is 527 Å². The molecule has 18 aromatic rings. The van der Waals surface area contributed by atoms with Crippen molar-refractivity contribution in [2.24, 2.45) is 0 Å². The molecule has 422 valence electrons. The monoisotopic (exact) mass is 1180 g/mol. The van der Waals surface area contributed by atoms with E-state index in [1.54, 1.807) is 0 Å². The average Bonchev–Trinajstić information content (AvgIpc) is 1.27. The number of aromatic nitrogens is 1. The molecule has 0 unspecified atom stereocenters. The van der Waals surface area contributed by atoms with Crippen LogP contribution in [0.2, 0.25) is 0 Å². The van der Waals surface area contributed by atoms with Gasteiger partial charge in [0.15, 0.2) is 0 Å². The van der Waals surface area contributed by atoms with Crippen molar-refractivity contribution in [3.63, 3.8) is 0 Å². The summed E-state index contributed by atoms with van der Waals surface area (Å²) < 4.78 is 18.2. The fraction of sp³-hybridized carbons (Fsp3) is 0. The van der Waals surface area contributed by atoms with Crippen LogP contribution >= 0.6 is 11.3 Å². The first-order valence-electron chi connectivity index (χ1n) is 31.2. The maximum atomic E-state index is 6.61. The quantitative estimate of drug-likeness (QED) is 0.162. The molecule has 0 fully saturated rings. The summed E-state index contributed by atoms with van der Waals surface area (Å²) in [6.45, 7) is -0.238. The van der Waals surface area contributed by atoms with Gasteiger partial charge in [0.2, 0.25) is 0 Å². The number of benzene rings is 14. The zero-order valence-corrected chi connectivity index (χ0v) is 49.8. The van der Waals surface area contributed by atoms with Crippen LogP contribution in [0.25, 0.3) is 147 Å². The summed E-state index contributed by atoms with van der Waals surface area (Å²) in [7, 11) is 0. The Bertz CT molecular complexity index is 6090. The number of thiophene rings is 1. The number of rotatable bonds is 7. The van der Waals surface area contributed by atoms with Crippen LogP contribution in [0.3, 0.4) is 0 Å². The van der Waals surface area contributed by atoms with E-state index in [9.17, 15) is 0 Å². The van der Waals surface area contributed by atoms with Crippen molar-refractivity contribution in [2.45, 2.75) is 0 Å². The summed E-state index contributed by atoms with van der Waals surface area (Å²) >= 11 is 1.87. The van der Waals surface area contributed by atoms with Crippen LogP contribution in [0.4, 0.5) is 28.4 Å². The van der Waals surface area contributed by atoms with E-state index >= 15 is 0 Å². The Kier molecular flexibility index (Phi) is 10.8. The molecular formula is C84H50BN3O2S. The SMILES string of the molecule is c1ccc(-c2ccccc2-c2c(-n3c4ccccc4c4cc5sc6ccccc6c5cc43)ccc3c2Nc2cc(-c4ccc5oc6ccccc6c5c4)cc4c2B3c2cc(-c3cccc5oc6ccccc6c35)ccc2N4c2ccccc2-c2ccccc2)cc1. The Morgan fingerprint density at radius 1 is 0.319 bits per heavy atom. The van der Waals surface area contributed by atoms with Crippen molar-refractivity contribution >= 4 is 149 Å². The van der Waals surface area contributed by atoms with Gasteiger partial charge in [-0.25, -0.2) is 0 Å². The van der Waals surface area contributed by atoms with Crippen molar-refractivity contribution in [3.05, 3.63) is 297 Å². The molecule has 0 amide bonds. The molecule has 0 spiro atoms. The fourth-order valence-electron chi connectivity index (χ4n) is 15.5. The lowest BCUT2D eigenvalue weighted by Crippen LogP contribution is -2.60. The first kappa shape index (κ1) is 50.4. The molecule has 4 aromatic heterocycles. The zero-order valence-electron chi connectivity index (χ0n) is 49.0. The minimum atomic E-state index is -0.238. The van der Waals surface area contributed by atoms with E-state index in [1.807, 2.05) is 17.4 Å². The molecule has 0 radical (unpaired) electrons. The van der Waals surface area contributed by atoms with E-state index in [-0.39, 0.29) is 6.71 Å². The normalized spacial score (nSPS) is 12.7. The minimum Gasteiger partial charge on any atom is -0.456 e. The van der Waals surface area contributed by atoms with Crippen molar-refractivity contribution in [2.75, 3.05) is 10.2 Å². The molecule has 14 aromatic carbocycles. The molecule has 5 nitrogen and oxygen atoms in total. The summed E-state index contributed by atoms with van der Waals surface area (Å²) in [6, 6.07) is 109. The third-order valence-corrected chi connectivity index (χ3v) is 20.5. The zero-order chi connectivity index (χ0) is 59.4. The smallest absolute Gasteiger partial charge is 0.252 e. The highest BCUT2D eigenvalue weighted by Crippen LogP contribution is 2.51. The van der Waals surface area contributed by atoms with E-state index in [0.29, 0.717) is 0 Å². The molecule has 2 aliphatic heterocycles. The van der Waals surface area contributed by atoms with Crippen molar-refractivity contribution in [3.8, 4) is 61.3 Å². The highest BCUT2D eigenvalue weighted by molar-refractivity contribution is 7.25. The number of fused-ring (bicyclic) bond motifs is 16. The third-order valence-electron chi connectivity index (χ3n) is 19.4. The summed E-state index contributed by atoms with van der Waals surface area (Å²) in [4.78, 5) is 2.56. The predicted octanol–water partition coefficient (Wildman–Crippen LogP) is 21.6. The van der Waals surface area contributed by atoms with Crippen LogP contribution in [-0.4, -0.2) is 11.3 Å². The van der Waals surface area contributed by atoms with Crippen LogP contribution in [0.1, 0.15) is 0 Å². The Morgan fingerprint density at radius 3 is 1.80 bits per heavy atom. The second-order valence-electron chi connectivity index (χ2n) is 24.2. The molecule has 7 heteroatoms. The molecule has 91 heavy (non-hydrogen) atoms. The molecule has 0 bridgehead atoms. The summed E-state index contributed by atoms with van der Waals surface area (Å²) in [5, 5.41) is 13.8. The minimum absolute atomic E-state index is 0.238. The number of hydrogen-bond donors (Lipinski definition) is 1. The molecule has 0 saturated carbocycles. The Morgan fingerprint density at radius 2 is 0.956 bits per heavy atom. The molecule has 0 aliphatic carbocycles. The van der Waals surface area contributed by atoms with Gasteiger partial charge < -0.3 is 23.6 Å². The summed E-state index contributed by atoms with van der Waals surface area (Å²) in [5.74, 6) is 0. The second kappa shape index (κ2) is 19.4. The third kappa shape index (κ3) is 7.47. The molecule has 0 saturated heterocycles. The lowest BCUT2D eigenvalue weighted by atomic mass is 9.33. The van der Waals surface area contributed by atoms with Crippen molar-refractivity contribution in [1.29, 1.82) is 0 Å². The number of nitrogens with one attached hydrogen (secondary N) is 1. The van der Waals surface area contributed by atoms with Gasteiger partial charge in [0, 0.05) is 86.4 Å². The van der Waals surface area contributed by atoms with E-state index in [0.717, 1.165) is 139 Å². The van der Waals surface area contributed by atoms with Gasteiger partial charge in [-0.2, -0.15) is 0 Å². The number of furan rings is 2. The highest BCUT2D eigenvalue weighted by Gasteiger charge is 2.43. The van der Waals surface area contributed by atoms with Gasteiger partial charge in [0.05, 0.1) is 22.4 Å². The van der Waals surface area contributed by atoms with Crippen LogP contribution in [0.5, 0.6) is 0 Å². The van der Waals surface area contributed by atoms with E-state index in [2.05, 4.69) is 306 Å². The maximum Gasteiger partial charge on any atom is 0.252 e. The molecular weight excluding hydrogens is 1130 g/mol. The molecule has 20 rings (SSSR count). The molecule has 0 atom stereocenters. The van der Waals surface area contributed by atoms with Crippen molar-refractivity contribution in [1.82, 2.24) is 4.57 Å². The van der Waals surface area contributed by atoms with Gasteiger partial charge in [-0.3, -0.25) is 0 Å². The second-order valence-corrected chi connectivity index (χ2v) is 25.3. The molecule has 2 aliphatic rings. The number of anilines is 5. The first-order valence-corrected chi connectivity index (χ1v) is 32.0. The van der Waals surface area contributed by atoms with Crippen LogP contribution in [0.15, 0.2) is 306 Å². The van der Waals surface area contributed by atoms with Crippen molar-refractivity contribution < 1.29 is 8.83 Å². The van der Waals surface area contributed by atoms with E-state index < -0.39 is 0 Å². The van der Waals surface area contributed by atoms with E-state index in [1.165, 1.54) is 52.8 Å². The van der Waals surface area contributed by atoms with Crippen LogP contribution in [-0.2, 0) is 0 Å². The van der Waals surface area contributed by atoms with Gasteiger partial charge in [-0.1, -0.05) is 212 Å². The first-order chi connectivity index (χ1) is 45.1. The standard InChI is InChI=1S/C84H50BN3O2S/c1-3-20-50(21-4-1)55-24-7-8-29-61(55)82-72(88-70-33-15-10-26-58(70)63-49-80-65(48-73(63)88)60-28-13-18-37-79(60)91-80)42-40-66-84(82)86-68-46-54(52-39-43-77-64(44-52)59-27-11-16-34-75(59)89-77)47-74-83(68)85(66)67-45-53(57-31-19-36-78-81(57)62-30-12-17-35-76(62)90-78)38-41-71(67)87(74)69-32-14-9-25-56(69)51-22-5-2-6-23-51/h1-49,86H. The number of hydrogen-bond acceptors (Lipinski definition) is 5. The summed E-state index contributed by atoms with van der Waals surface area (Å²) in [6.07, 6.45) is 0. The average molecular weight is 1180 g/mol. The number of nitrogens with zero attached hydrogens (tertiary/aromatic N) is 2. The van der Waals surface area contributed by atoms with Gasteiger partial charge in [0.25, 0.3) is 6.71 Å². The Balaban J connectivity index is 0.920. The summed E-state index contributed by atoms with van der Waals surface area (Å²) in [5.41, 5.74) is 27.3. The molecule has 6 heterocycles. The predicted molar refractivity (Wildman–Crippen MR) is 384 cm³/mol. The lowest BCUT2D eigenvalue weighted by Gasteiger charge is -2.42. The fourth-order valence-corrected chi connectivity index (χ4v) is 16.6. The van der Waals surface area contributed by atoms with Gasteiger partial charge in [-0.05, 0) is 146 Å². The van der Waals surface area contributed by atoms with Gasteiger partial charge in [0.1, 0.15) is 22.3 Å². The van der Waals surface area contributed by atoms with Crippen LogP contribution < -0.4 is 26.6 Å². The maximum absolute atomic E-state index is 6.61. The number of para-hydroxylation sites is 4. The van der Waals surface area contributed by atoms with Crippen LogP contribution in [0, 0.1) is 0 Å².